The molecule has 0 aliphatic carbocycles. The van der Waals surface area contributed by atoms with E-state index in [0.717, 1.165) is 16.9 Å². The number of nitrogens with one attached hydrogen (secondary N) is 1. The van der Waals surface area contributed by atoms with Crippen LogP contribution < -0.4 is 5.32 Å². The Balaban J connectivity index is 2.37. The first-order valence-electron chi connectivity index (χ1n) is 5.59. The molecule has 0 atom stereocenters. The molecule has 1 rings (SSSR count). The topological polar surface area (TPSA) is 12.0 Å². The molecule has 0 unspecified atom stereocenters. The highest BCUT2D eigenvalue weighted by Crippen LogP contribution is 2.19. The van der Waals surface area contributed by atoms with E-state index in [0.29, 0.717) is 0 Å². The van der Waals surface area contributed by atoms with Crippen LogP contribution in [0.2, 0.25) is 0 Å². The summed E-state index contributed by atoms with van der Waals surface area (Å²) in [6.07, 6.45) is 2.53. The lowest BCUT2D eigenvalue weighted by Gasteiger charge is -2.09. The van der Waals surface area contributed by atoms with Gasteiger partial charge in [-0.25, -0.2) is 0 Å². The Kier molecular flexibility index (Phi) is 5.16. The van der Waals surface area contributed by atoms with Crippen molar-refractivity contribution in [3.05, 3.63) is 28.2 Å². The molecule has 1 aromatic rings. The summed E-state index contributed by atoms with van der Waals surface area (Å²) in [5.74, 6) is 0.802. The summed E-state index contributed by atoms with van der Waals surface area (Å²) in [6.45, 7) is 7.71. The number of anilines is 1. The van der Waals surface area contributed by atoms with Gasteiger partial charge in [0, 0.05) is 16.7 Å². The SMILES string of the molecule is Cc1cc(Br)cc(NCCCC(C)C)c1. The zero-order valence-electron chi connectivity index (χ0n) is 9.81. The Bertz CT molecular complexity index is 287. The number of rotatable bonds is 5. The molecule has 0 aromatic heterocycles. The Hall–Kier alpha value is -0.500. The molecular weight excluding hydrogens is 250 g/mol. The molecule has 0 saturated carbocycles. The number of halogens is 1. The minimum atomic E-state index is 0.802. The molecule has 0 bridgehead atoms. The number of benzene rings is 1. The summed E-state index contributed by atoms with van der Waals surface area (Å²) in [4.78, 5) is 0. The van der Waals surface area contributed by atoms with Crippen molar-refractivity contribution in [1.29, 1.82) is 0 Å². The number of aryl methyl sites for hydroxylation is 1. The lowest BCUT2D eigenvalue weighted by atomic mass is 10.1. The van der Waals surface area contributed by atoms with Crippen LogP contribution in [0.5, 0.6) is 0 Å². The molecule has 84 valence electrons. The molecule has 0 spiro atoms. The first-order chi connectivity index (χ1) is 7.08. The quantitative estimate of drug-likeness (QED) is 0.771. The fraction of sp³-hybridized carbons (Fsp3) is 0.538. The van der Waals surface area contributed by atoms with Gasteiger partial charge in [-0.05, 0) is 49.4 Å². The van der Waals surface area contributed by atoms with Gasteiger partial charge in [-0.3, -0.25) is 0 Å². The number of hydrogen-bond donors (Lipinski definition) is 1. The van der Waals surface area contributed by atoms with Gasteiger partial charge in [0.05, 0.1) is 0 Å². The van der Waals surface area contributed by atoms with Crippen LogP contribution in [-0.4, -0.2) is 6.54 Å². The predicted molar refractivity (Wildman–Crippen MR) is 71.4 cm³/mol. The Morgan fingerprint density at radius 2 is 2.00 bits per heavy atom. The predicted octanol–water partition coefficient (Wildman–Crippen LogP) is 4.61. The van der Waals surface area contributed by atoms with Crippen LogP contribution in [0.3, 0.4) is 0 Å². The van der Waals surface area contributed by atoms with Gasteiger partial charge < -0.3 is 5.32 Å². The molecule has 1 nitrogen and oxygen atoms in total. The van der Waals surface area contributed by atoms with Crippen molar-refractivity contribution in [2.24, 2.45) is 5.92 Å². The van der Waals surface area contributed by atoms with Crippen molar-refractivity contribution >= 4 is 21.6 Å². The summed E-state index contributed by atoms with van der Waals surface area (Å²) in [7, 11) is 0. The largest absolute Gasteiger partial charge is 0.385 e. The molecule has 0 aliphatic rings. The third-order valence-electron chi connectivity index (χ3n) is 2.33. The summed E-state index contributed by atoms with van der Waals surface area (Å²) < 4.78 is 1.15. The first-order valence-corrected chi connectivity index (χ1v) is 6.38. The Morgan fingerprint density at radius 3 is 2.60 bits per heavy atom. The number of hydrogen-bond acceptors (Lipinski definition) is 1. The van der Waals surface area contributed by atoms with Gasteiger partial charge in [0.25, 0.3) is 0 Å². The maximum Gasteiger partial charge on any atom is 0.0354 e. The van der Waals surface area contributed by atoms with Crippen molar-refractivity contribution in [1.82, 2.24) is 0 Å². The van der Waals surface area contributed by atoms with Gasteiger partial charge in [0.1, 0.15) is 0 Å². The van der Waals surface area contributed by atoms with E-state index >= 15 is 0 Å². The van der Waals surface area contributed by atoms with Crippen molar-refractivity contribution in [2.45, 2.75) is 33.6 Å². The van der Waals surface area contributed by atoms with Gasteiger partial charge in [0.15, 0.2) is 0 Å². The van der Waals surface area contributed by atoms with Crippen LogP contribution >= 0.6 is 15.9 Å². The normalized spacial score (nSPS) is 10.7. The highest BCUT2D eigenvalue weighted by molar-refractivity contribution is 9.10. The molecule has 1 aromatic carbocycles. The Labute approximate surface area is 101 Å². The maximum absolute atomic E-state index is 3.51. The van der Waals surface area contributed by atoms with Crippen LogP contribution in [0.1, 0.15) is 32.3 Å². The van der Waals surface area contributed by atoms with Gasteiger partial charge in [-0.15, -0.1) is 0 Å². The van der Waals surface area contributed by atoms with Crippen molar-refractivity contribution < 1.29 is 0 Å². The van der Waals surface area contributed by atoms with E-state index in [4.69, 9.17) is 0 Å². The van der Waals surface area contributed by atoms with E-state index in [-0.39, 0.29) is 0 Å². The fourth-order valence-corrected chi connectivity index (χ4v) is 2.19. The van der Waals surface area contributed by atoms with Crippen LogP contribution in [0.25, 0.3) is 0 Å². The molecule has 0 saturated heterocycles. The van der Waals surface area contributed by atoms with Gasteiger partial charge >= 0.3 is 0 Å². The molecule has 0 radical (unpaired) electrons. The van der Waals surface area contributed by atoms with Gasteiger partial charge in [0.2, 0.25) is 0 Å². The second-order valence-electron chi connectivity index (χ2n) is 4.48. The lowest BCUT2D eigenvalue weighted by molar-refractivity contribution is 0.567. The minimum absolute atomic E-state index is 0.802. The highest BCUT2D eigenvalue weighted by atomic mass is 79.9. The third kappa shape index (κ3) is 5.22. The van der Waals surface area contributed by atoms with Crippen LogP contribution in [-0.2, 0) is 0 Å². The van der Waals surface area contributed by atoms with E-state index < -0.39 is 0 Å². The highest BCUT2D eigenvalue weighted by Gasteiger charge is 1.97. The van der Waals surface area contributed by atoms with E-state index in [2.05, 4.69) is 60.2 Å². The van der Waals surface area contributed by atoms with E-state index in [1.807, 2.05) is 0 Å². The van der Waals surface area contributed by atoms with Gasteiger partial charge in [-0.2, -0.15) is 0 Å². The summed E-state index contributed by atoms with van der Waals surface area (Å²) in [6, 6.07) is 6.43. The Morgan fingerprint density at radius 1 is 1.27 bits per heavy atom. The molecular formula is C13H20BrN. The summed E-state index contributed by atoms with van der Waals surface area (Å²) in [5.41, 5.74) is 2.50. The van der Waals surface area contributed by atoms with Gasteiger partial charge in [-0.1, -0.05) is 29.8 Å². The van der Waals surface area contributed by atoms with Crippen LogP contribution in [0.4, 0.5) is 5.69 Å². The van der Waals surface area contributed by atoms with Crippen molar-refractivity contribution in [3.8, 4) is 0 Å². The molecule has 1 N–H and O–H groups in total. The van der Waals surface area contributed by atoms with Crippen LogP contribution in [0, 0.1) is 12.8 Å². The van der Waals surface area contributed by atoms with Crippen molar-refractivity contribution in [2.75, 3.05) is 11.9 Å². The smallest absolute Gasteiger partial charge is 0.0354 e. The minimum Gasteiger partial charge on any atom is -0.385 e. The molecule has 0 heterocycles. The first kappa shape index (κ1) is 12.6. The zero-order chi connectivity index (χ0) is 11.3. The molecule has 15 heavy (non-hydrogen) atoms. The van der Waals surface area contributed by atoms with E-state index in [9.17, 15) is 0 Å². The van der Waals surface area contributed by atoms with E-state index in [1.165, 1.54) is 24.1 Å². The maximum atomic E-state index is 3.51. The average Bonchev–Trinajstić information content (AvgIpc) is 2.10. The lowest BCUT2D eigenvalue weighted by Crippen LogP contribution is -2.03. The van der Waals surface area contributed by atoms with E-state index in [1.54, 1.807) is 0 Å². The van der Waals surface area contributed by atoms with Crippen molar-refractivity contribution in [3.63, 3.8) is 0 Å². The molecule has 0 aliphatic heterocycles. The molecule has 0 fully saturated rings. The second kappa shape index (κ2) is 6.16. The molecule has 0 amide bonds. The summed E-state index contributed by atoms with van der Waals surface area (Å²) in [5, 5.41) is 3.45. The second-order valence-corrected chi connectivity index (χ2v) is 5.40. The average molecular weight is 270 g/mol. The fourth-order valence-electron chi connectivity index (χ4n) is 1.58. The standard InChI is InChI=1S/C13H20BrN/c1-10(2)5-4-6-15-13-8-11(3)7-12(14)9-13/h7-10,15H,4-6H2,1-3H3. The molecule has 2 heteroatoms. The third-order valence-corrected chi connectivity index (χ3v) is 2.79. The monoisotopic (exact) mass is 269 g/mol. The zero-order valence-corrected chi connectivity index (χ0v) is 11.4. The summed E-state index contributed by atoms with van der Waals surface area (Å²) >= 11 is 3.51. The van der Waals surface area contributed by atoms with Crippen LogP contribution in [0.15, 0.2) is 22.7 Å².